The quantitative estimate of drug-likeness (QED) is 0.819. The third kappa shape index (κ3) is 3.56. The van der Waals surface area contributed by atoms with Crippen LogP contribution in [0.5, 0.6) is 5.75 Å². The van der Waals surface area contributed by atoms with E-state index in [4.69, 9.17) is 9.47 Å². The van der Waals surface area contributed by atoms with Crippen LogP contribution in [0, 0.1) is 0 Å². The second-order valence-corrected chi connectivity index (χ2v) is 5.59. The summed E-state index contributed by atoms with van der Waals surface area (Å²) in [6.07, 6.45) is 3.31. The molecule has 2 rings (SSSR count). The highest BCUT2D eigenvalue weighted by atomic mass is 16.5. The van der Waals surface area contributed by atoms with Crippen molar-refractivity contribution in [2.75, 3.05) is 13.7 Å². The maximum atomic E-state index is 12.1. The third-order valence-corrected chi connectivity index (χ3v) is 4.17. The summed E-state index contributed by atoms with van der Waals surface area (Å²) < 4.78 is 11.0. The number of nitrogens with one attached hydrogen (secondary N) is 1. The van der Waals surface area contributed by atoms with Crippen LogP contribution in [0.15, 0.2) is 24.3 Å². The van der Waals surface area contributed by atoms with Gasteiger partial charge in [-0.2, -0.15) is 0 Å². The average molecular weight is 291 g/mol. The van der Waals surface area contributed by atoms with Gasteiger partial charge in [-0.3, -0.25) is 4.79 Å². The minimum Gasteiger partial charge on any atom is -0.490 e. The molecule has 0 amide bonds. The van der Waals surface area contributed by atoms with Gasteiger partial charge in [0, 0.05) is 6.42 Å². The lowest BCUT2D eigenvalue weighted by atomic mass is 9.97. The Bertz CT molecular complexity index is 489. The van der Waals surface area contributed by atoms with Crippen LogP contribution in [0.4, 0.5) is 0 Å². The van der Waals surface area contributed by atoms with Gasteiger partial charge in [-0.25, -0.2) is 0 Å². The summed E-state index contributed by atoms with van der Waals surface area (Å²) in [6.45, 7) is 4.87. The molecule has 1 aliphatic rings. The predicted molar refractivity (Wildman–Crippen MR) is 82.5 cm³/mol. The smallest absolute Gasteiger partial charge is 0.326 e. The van der Waals surface area contributed by atoms with E-state index in [-0.39, 0.29) is 12.1 Å². The van der Waals surface area contributed by atoms with E-state index in [1.54, 1.807) is 0 Å². The number of hydrogen-bond donors (Lipinski definition) is 1. The van der Waals surface area contributed by atoms with Crippen LogP contribution >= 0.6 is 0 Å². The number of rotatable bonds is 6. The minimum atomic E-state index is -0.587. The van der Waals surface area contributed by atoms with Crippen LogP contribution in [0.1, 0.15) is 38.7 Å². The van der Waals surface area contributed by atoms with Crippen molar-refractivity contribution in [3.8, 4) is 5.75 Å². The summed E-state index contributed by atoms with van der Waals surface area (Å²) in [5.41, 5.74) is 0.674. The fourth-order valence-electron chi connectivity index (χ4n) is 3.08. The van der Waals surface area contributed by atoms with E-state index in [0.29, 0.717) is 6.42 Å². The molecule has 1 saturated carbocycles. The van der Waals surface area contributed by atoms with Crippen LogP contribution in [-0.2, 0) is 16.0 Å². The zero-order valence-corrected chi connectivity index (χ0v) is 13.1. The molecule has 4 nitrogen and oxygen atoms in total. The van der Waals surface area contributed by atoms with Crippen molar-refractivity contribution in [1.29, 1.82) is 0 Å². The second-order valence-electron chi connectivity index (χ2n) is 5.59. The number of likely N-dealkylation sites (N-methyl/N-ethyl adjacent to an activating group) is 1. The molecule has 1 aliphatic carbocycles. The first kappa shape index (κ1) is 15.8. The molecule has 0 saturated heterocycles. The van der Waals surface area contributed by atoms with Crippen molar-refractivity contribution < 1.29 is 14.3 Å². The molecule has 116 valence electrons. The Morgan fingerprint density at radius 2 is 2.24 bits per heavy atom. The van der Waals surface area contributed by atoms with Crippen molar-refractivity contribution in [2.45, 2.75) is 51.2 Å². The van der Waals surface area contributed by atoms with Crippen LogP contribution in [-0.4, -0.2) is 31.3 Å². The fraction of sp³-hybridized carbons (Fsp3) is 0.588. The number of carbonyl (C=O) groups excluding carboxylic acids is 1. The fourth-order valence-corrected chi connectivity index (χ4v) is 3.08. The van der Waals surface area contributed by atoms with Crippen molar-refractivity contribution in [2.24, 2.45) is 0 Å². The van der Waals surface area contributed by atoms with Gasteiger partial charge in [0.1, 0.15) is 17.4 Å². The molecule has 0 aliphatic heterocycles. The Morgan fingerprint density at radius 3 is 2.90 bits per heavy atom. The van der Waals surface area contributed by atoms with Crippen LogP contribution in [0.25, 0.3) is 0 Å². The van der Waals surface area contributed by atoms with Crippen molar-refractivity contribution in [1.82, 2.24) is 5.32 Å². The first-order chi connectivity index (χ1) is 10.1. The zero-order valence-electron chi connectivity index (χ0n) is 13.1. The van der Waals surface area contributed by atoms with Gasteiger partial charge in [0.15, 0.2) is 0 Å². The number of benzene rings is 1. The summed E-state index contributed by atoms with van der Waals surface area (Å²) in [5, 5.41) is 3.29. The molecule has 1 fully saturated rings. The van der Waals surface area contributed by atoms with E-state index in [9.17, 15) is 4.79 Å². The van der Waals surface area contributed by atoms with Crippen LogP contribution < -0.4 is 10.1 Å². The lowest BCUT2D eigenvalue weighted by Crippen LogP contribution is -2.51. The molecule has 0 aromatic heterocycles. The summed E-state index contributed by atoms with van der Waals surface area (Å²) in [4.78, 5) is 12.1. The predicted octanol–water partition coefficient (Wildman–Crippen LogP) is 2.70. The molecule has 2 unspecified atom stereocenters. The van der Waals surface area contributed by atoms with Crippen LogP contribution in [0.3, 0.4) is 0 Å². The summed E-state index contributed by atoms with van der Waals surface area (Å²) in [5.74, 6) is 0.703. The highest BCUT2D eigenvalue weighted by Gasteiger charge is 2.46. The van der Waals surface area contributed by atoms with E-state index >= 15 is 0 Å². The van der Waals surface area contributed by atoms with Crippen molar-refractivity contribution >= 4 is 5.97 Å². The molecule has 1 aromatic carbocycles. The third-order valence-electron chi connectivity index (χ3n) is 4.17. The highest BCUT2D eigenvalue weighted by Crippen LogP contribution is 2.34. The second kappa shape index (κ2) is 6.94. The van der Waals surface area contributed by atoms with Gasteiger partial charge >= 0.3 is 5.97 Å². The number of esters is 1. The van der Waals surface area contributed by atoms with Gasteiger partial charge in [0.25, 0.3) is 0 Å². The highest BCUT2D eigenvalue weighted by molar-refractivity contribution is 5.81. The molecule has 0 spiro atoms. The lowest BCUT2D eigenvalue weighted by Gasteiger charge is -2.27. The monoisotopic (exact) mass is 291 g/mol. The number of ether oxygens (including phenoxy) is 2. The topological polar surface area (TPSA) is 47.6 Å². The van der Waals surface area contributed by atoms with Crippen molar-refractivity contribution in [3.63, 3.8) is 0 Å². The first-order valence-electron chi connectivity index (χ1n) is 7.72. The summed E-state index contributed by atoms with van der Waals surface area (Å²) in [7, 11) is 1.44. The molecule has 1 aromatic rings. The number of aryl methyl sites for hydroxylation is 1. The number of hydrogen-bond acceptors (Lipinski definition) is 4. The van der Waals surface area contributed by atoms with Crippen LogP contribution in [0.2, 0.25) is 0 Å². The summed E-state index contributed by atoms with van der Waals surface area (Å²) >= 11 is 0. The first-order valence-corrected chi connectivity index (χ1v) is 7.72. The Balaban J connectivity index is 2.05. The normalized spacial score (nSPS) is 24.8. The maximum absolute atomic E-state index is 12.1. The maximum Gasteiger partial charge on any atom is 0.326 e. The Morgan fingerprint density at radius 1 is 1.43 bits per heavy atom. The Kier molecular flexibility index (Phi) is 5.23. The van der Waals surface area contributed by atoms with E-state index in [2.05, 4.69) is 24.4 Å². The largest absolute Gasteiger partial charge is 0.490 e. The van der Waals surface area contributed by atoms with E-state index in [0.717, 1.165) is 31.6 Å². The lowest BCUT2D eigenvalue weighted by molar-refractivity contribution is -0.148. The van der Waals surface area contributed by atoms with E-state index < -0.39 is 5.54 Å². The van der Waals surface area contributed by atoms with E-state index in [1.807, 2.05) is 19.1 Å². The molecule has 0 radical (unpaired) electrons. The molecule has 2 atom stereocenters. The average Bonchev–Trinajstić information content (AvgIpc) is 2.91. The minimum absolute atomic E-state index is 0.0512. The molecule has 1 N–H and O–H groups in total. The zero-order chi connectivity index (χ0) is 15.3. The van der Waals surface area contributed by atoms with Gasteiger partial charge < -0.3 is 14.8 Å². The van der Waals surface area contributed by atoms with Gasteiger partial charge in [-0.1, -0.05) is 26.0 Å². The van der Waals surface area contributed by atoms with Crippen molar-refractivity contribution in [3.05, 3.63) is 29.8 Å². The van der Waals surface area contributed by atoms with E-state index in [1.165, 1.54) is 12.7 Å². The Labute approximate surface area is 126 Å². The Hall–Kier alpha value is -1.55. The van der Waals surface area contributed by atoms with Gasteiger partial charge in [-0.15, -0.1) is 0 Å². The molecule has 0 heterocycles. The number of methoxy groups -OCH3 is 1. The molecule has 0 bridgehead atoms. The standard InChI is InChI=1S/C17H25NO3/c1-4-13-7-6-8-14(11-13)21-15-9-10-17(12-15,18-5-2)16(19)20-3/h6-8,11,15,18H,4-5,9-10,12H2,1-3H3. The molecule has 21 heavy (non-hydrogen) atoms. The summed E-state index contributed by atoms with van der Waals surface area (Å²) in [6, 6.07) is 8.16. The molecular formula is C17H25NO3. The van der Waals surface area contributed by atoms with Gasteiger partial charge in [-0.05, 0) is 43.5 Å². The number of carbonyl (C=O) groups is 1. The SMILES string of the molecule is CCNC1(C(=O)OC)CCC(Oc2cccc(CC)c2)C1. The van der Waals surface area contributed by atoms with Gasteiger partial charge in [0.2, 0.25) is 0 Å². The molecular weight excluding hydrogens is 266 g/mol. The van der Waals surface area contributed by atoms with Gasteiger partial charge in [0.05, 0.1) is 7.11 Å². The molecule has 4 heteroatoms.